The molecule has 1 rings (SSSR count). The number of aryl methyl sites for hydroxylation is 1. The highest BCUT2D eigenvalue weighted by Gasteiger charge is 2.13. The van der Waals surface area contributed by atoms with Crippen molar-refractivity contribution in [3.63, 3.8) is 0 Å². The van der Waals surface area contributed by atoms with Crippen molar-refractivity contribution in [2.75, 3.05) is 13.6 Å². The number of carbonyl (C=O) groups is 1. The molecule has 1 atom stereocenters. The van der Waals surface area contributed by atoms with Crippen molar-refractivity contribution in [2.24, 2.45) is 0 Å². The Balaban J connectivity index is 2.84. The van der Waals surface area contributed by atoms with Crippen LogP contribution in [0.3, 0.4) is 0 Å². The van der Waals surface area contributed by atoms with Gasteiger partial charge in [-0.2, -0.15) is 0 Å². The van der Waals surface area contributed by atoms with E-state index in [2.05, 4.69) is 0 Å². The van der Waals surface area contributed by atoms with Crippen molar-refractivity contribution in [1.29, 1.82) is 0 Å². The maximum Gasteiger partial charge on any atom is 0.253 e. The van der Waals surface area contributed by atoms with Gasteiger partial charge in [0.15, 0.2) is 0 Å². The summed E-state index contributed by atoms with van der Waals surface area (Å²) >= 11 is 5.88. The number of rotatable bonds is 3. The zero-order chi connectivity index (χ0) is 12.3. The minimum Gasteiger partial charge on any atom is -0.392 e. The molecule has 0 fully saturated rings. The second-order valence-electron chi connectivity index (χ2n) is 4.00. The summed E-state index contributed by atoms with van der Waals surface area (Å²) in [5, 5.41) is 9.85. The third kappa shape index (κ3) is 3.22. The van der Waals surface area contributed by atoms with Crippen LogP contribution in [-0.4, -0.2) is 35.6 Å². The topological polar surface area (TPSA) is 40.5 Å². The minimum absolute atomic E-state index is 0.110. The SMILES string of the molecule is Cc1cc(C(=O)N(C)CC(C)O)ccc1Cl. The summed E-state index contributed by atoms with van der Waals surface area (Å²) in [4.78, 5) is 13.4. The molecule has 1 aromatic carbocycles. The Hall–Kier alpha value is -1.06. The largest absolute Gasteiger partial charge is 0.392 e. The smallest absolute Gasteiger partial charge is 0.253 e. The first-order valence-corrected chi connectivity index (χ1v) is 5.49. The lowest BCUT2D eigenvalue weighted by atomic mass is 10.1. The van der Waals surface area contributed by atoms with E-state index in [0.717, 1.165) is 5.56 Å². The van der Waals surface area contributed by atoms with Crippen LogP contribution in [0.2, 0.25) is 5.02 Å². The van der Waals surface area contributed by atoms with Gasteiger partial charge in [0.1, 0.15) is 0 Å². The number of aliphatic hydroxyl groups is 1. The molecule has 0 radical (unpaired) electrons. The van der Waals surface area contributed by atoms with E-state index in [-0.39, 0.29) is 5.91 Å². The van der Waals surface area contributed by atoms with Crippen LogP contribution in [0.25, 0.3) is 0 Å². The van der Waals surface area contributed by atoms with Crippen LogP contribution in [0.15, 0.2) is 18.2 Å². The molecule has 0 heterocycles. The second kappa shape index (κ2) is 5.32. The van der Waals surface area contributed by atoms with Gasteiger partial charge in [-0.05, 0) is 37.6 Å². The lowest BCUT2D eigenvalue weighted by Gasteiger charge is -2.19. The molecule has 0 saturated carbocycles. The van der Waals surface area contributed by atoms with Gasteiger partial charge in [-0.1, -0.05) is 11.6 Å². The summed E-state index contributed by atoms with van der Waals surface area (Å²) < 4.78 is 0. The van der Waals surface area contributed by atoms with Crippen molar-refractivity contribution in [2.45, 2.75) is 20.0 Å². The molecule has 3 nitrogen and oxygen atoms in total. The lowest BCUT2D eigenvalue weighted by Crippen LogP contribution is -2.33. The zero-order valence-corrected chi connectivity index (χ0v) is 10.5. The maximum absolute atomic E-state index is 11.9. The van der Waals surface area contributed by atoms with Crippen LogP contribution in [0, 0.1) is 6.92 Å². The van der Waals surface area contributed by atoms with E-state index >= 15 is 0 Å². The molecule has 0 aliphatic carbocycles. The van der Waals surface area contributed by atoms with Gasteiger partial charge in [0, 0.05) is 24.2 Å². The van der Waals surface area contributed by atoms with Gasteiger partial charge in [0.2, 0.25) is 0 Å². The van der Waals surface area contributed by atoms with E-state index in [9.17, 15) is 9.90 Å². The molecular weight excluding hydrogens is 226 g/mol. The predicted molar refractivity (Wildman–Crippen MR) is 64.8 cm³/mol. The summed E-state index contributed by atoms with van der Waals surface area (Å²) in [7, 11) is 1.67. The molecule has 16 heavy (non-hydrogen) atoms. The normalized spacial score (nSPS) is 12.3. The quantitative estimate of drug-likeness (QED) is 0.881. The van der Waals surface area contributed by atoms with Crippen molar-refractivity contribution in [3.8, 4) is 0 Å². The Bertz CT molecular complexity index is 391. The van der Waals surface area contributed by atoms with E-state index in [4.69, 9.17) is 11.6 Å². The van der Waals surface area contributed by atoms with E-state index < -0.39 is 6.10 Å². The first kappa shape index (κ1) is 13.0. The molecule has 1 N–H and O–H groups in total. The fraction of sp³-hybridized carbons (Fsp3) is 0.417. The van der Waals surface area contributed by atoms with Crippen molar-refractivity contribution in [3.05, 3.63) is 34.3 Å². The third-order valence-corrected chi connectivity index (χ3v) is 2.71. The number of benzene rings is 1. The second-order valence-corrected chi connectivity index (χ2v) is 4.41. The molecule has 0 aliphatic rings. The van der Waals surface area contributed by atoms with Gasteiger partial charge in [0.05, 0.1) is 6.10 Å². The fourth-order valence-corrected chi connectivity index (χ4v) is 1.59. The molecule has 0 aliphatic heterocycles. The van der Waals surface area contributed by atoms with Crippen LogP contribution in [-0.2, 0) is 0 Å². The van der Waals surface area contributed by atoms with Crippen molar-refractivity contribution < 1.29 is 9.90 Å². The molecule has 88 valence electrons. The highest BCUT2D eigenvalue weighted by atomic mass is 35.5. The molecule has 1 aromatic rings. The lowest BCUT2D eigenvalue weighted by molar-refractivity contribution is 0.0703. The van der Waals surface area contributed by atoms with Gasteiger partial charge in [-0.3, -0.25) is 4.79 Å². The molecule has 4 heteroatoms. The molecule has 0 spiro atoms. The average Bonchev–Trinajstić information content (AvgIpc) is 2.20. The van der Waals surface area contributed by atoms with Crippen LogP contribution in [0.5, 0.6) is 0 Å². The summed E-state index contributed by atoms with van der Waals surface area (Å²) in [5.41, 5.74) is 1.46. The maximum atomic E-state index is 11.9. The van der Waals surface area contributed by atoms with Gasteiger partial charge in [-0.25, -0.2) is 0 Å². The van der Waals surface area contributed by atoms with E-state index in [1.807, 2.05) is 6.92 Å². The Kier molecular flexibility index (Phi) is 4.33. The number of carbonyl (C=O) groups excluding carboxylic acids is 1. The summed E-state index contributed by atoms with van der Waals surface area (Å²) in [6, 6.07) is 5.15. The van der Waals surface area contributed by atoms with Crippen LogP contribution >= 0.6 is 11.6 Å². The van der Waals surface area contributed by atoms with Crippen LogP contribution in [0.1, 0.15) is 22.8 Å². The summed E-state index contributed by atoms with van der Waals surface area (Å²) in [5.74, 6) is -0.110. The Morgan fingerprint density at radius 2 is 2.19 bits per heavy atom. The molecule has 0 aromatic heterocycles. The highest BCUT2D eigenvalue weighted by Crippen LogP contribution is 2.17. The summed E-state index contributed by atoms with van der Waals surface area (Å²) in [6.45, 7) is 3.82. The van der Waals surface area contributed by atoms with Crippen molar-refractivity contribution >= 4 is 17.5 Å². The molecule has 1 unspecified atom stereocenters. The third-order valence-electron chi connectivity index (χ3n) is 2.29. The standard InChI is InChI=1S/C12H16ClNO2/c1-8-6-10(4-5-11(8)13)12(16)14(3)7-9(2)15/h4-6,9,15H,7H2,1-3H3. The van der Waals surface area contributed by atoms with E-state index in [0.29, 0.717) is 17.1 Å². The van der Waals surface area contributed by atoms with Gasteiger partial charge in [0.25, 0.3) is 5.91 Å². The Morgan fingerprint density at radius 1 is 1.56 bits per heavy atom. The Morgan fingerprint density at radius 3 is 2.69 bits per heavy atom. The average molecular weight is 242 g/mol. The molecule has 0 bridgehead atoms. The Labute approximate surface area is 101 Å². The number of halogens is 1. The molecular formula is C12H16ClNO2. The van der Waals surface area contributed by atoms with E-state index in [1.165, 1.54) is 4.90 Å². The highest BCUT2D eigenvalue weighted by molar-refractivity contribution is 6.31. The summed E-state index contributed by atoms with van der Waals surface area (Å²) in [6.07, 6.45) is -0.526. The number of hydrogen-bond donors (Lipinski definition) is 1. The number of hydrogen-bond acceptors (Lipinski definition) is 2. The fourth-order valence-electron chi connectivity index (χ4n) is 1.48. The van der Waals surface area contributed by atoms with Crippen molar-refractivity contribution in [1.82, 2.24) is 4.90 Å². The molecule has 1 amide bonds. The van der Waals surface area contributed by atoms with E-state index in [1.54, 1.807) is 32.2 Å². The zero-order valence-electron chi connectivity index (χ0n) is 9.70. The van der Waals surface area contributed by atoms with Gasteiger partial charge >= 0.3 is 0 Å². The minimum atomic E-state index is -0.526. The predicted octanol–water partition coefficient (Wildman–Crippen LogP) is 2.10. The number of likely N-dealkylation sites (N-methyl/N-ethyl adjacent to an activating group) is 1. The van der Waals surface area contributed by atoms with Gasteiger partial charge in [-0.15, -0.1) is 0 Å². The number of aliphatic hydroxyl groups excluding tert-OH is 1. The molecule has 0 saturated heterocycles. The van der Waals surface area contributed by atoms with Crippen LogP contribution < -0.4 is 0 Å². The number of nitrogens with zero attached hydrogens (tertiary/aromatic N) is 1. The van der Waals surface area contributed by atoms with Crippen LogP contribution in [0.4, 0.5) is 0 Å². The number of amides is 1. The van der Waals surface area contributed by atoms with Gasteiger partial charge < -0.3 is 10.0 Å². The monoisotopic (exact) mass is 241 g/mol. The first-order chi connectivity index (χ1) is 7.41. The first-order valence-electron chi connectivity index (χ1n) is 5.11.